The maximum Gasteiger partial charge on any atom is 0.317 e. The number of H-pyrrole nitrogens is 1. The molecule has 0 fully saturated rings. The third kappa shape index (κ3) is 5.85. The minimum Gasteiger partial charge on any atom is -0.481 e. The zero-order valence-electron chi connectivity index (χ0n) is 13.1. The molecule has 0 spiro atoms. The van der Waals surface area contributed by atoms with Crippen LogP contribution in [0.2, 0.25) is 0 Å². The van der Waals surface area contributed by atoms with E-state index in [9.17, 15) is 9.59 Å². The van der Waals surface area contributed by atoms with Crippen molar-refractivity contribution in [1.82, 2.24) is 20.4 Å². The normalized spacial score (nSPS) is 11.2. The first-order chi connectivity index (χ1) is 9.70. The van der Waals surface area contributed by atoms with E-state index in [1.54, 1.807) is 7.05 Å². The minimum absolute atomic E-state index is 0.0353. The summed E-state index contributed by atoms with van der Waals surface area (Å²) in [5.41, 5.74) is 1.78. The Hall–Kier alpha value is -2.05. The van der Waals surface area contributed by atoms with E-state index < -0.39 is 5.97 Å². The number of carbonyl (C=O) groups is 2. The maximum atomic E-state index is 11.8. The van der Waals surface area contributed by atoms with Crippen molar-refractivity contribution in [2.45, 2.75) is 45.6 Å². The number of aliphatic carboxylic acids is 1. The van der Waals surface area contributed by atoms with Crippen LogP contribution in [-0.2, 0) is 16.8 Å². The SMILES string of the molecule is CN(Cc1cc(C(C)(C)C)n[nH]1)C(=O)NCCCC(=O)O. The van der Waals surface area contributed by atoms with E-state index in [-0.39, 0.29) is 17.9 Å². The molecule has 0 aliphatic rings. The van der Waals surface area contributed by atoms with Gasteiger partial charge in [-0.05, 0) is 12.5 Å². The predicted molar refractivity (Wildman–Crippen MR) is 79.0 cm³/mol. The second kappa shape index (κ2) is 7.10. The molecule has 7 nitrogen and oxygen atoms in total. The summed E-state index contributed by atoms with van der Waals surface area (Å²) in [5.74, 6) is -0.857. The molecule has 0 saturated heterocycles. The average molecular weight is 296 g/mol. The summed E-state index contributed by atoms with van der Waals surface area (Å²) in [4.78, 5) is 23.7. The van der Waals surface area contributed by atoms with Gasteiger partial charge in [-0.1, -0.05) is 20.8 Å². The van der Waals surface area contributed by atoms with Crippen LogP contribution in [0, 0.1) is 0 Å². The van der Waals surface area contributed by atoms with Gasteiger partial charge in [0.1, 0.15) is 0 Å². The highest BCUT2D eigenvalue weighted by molar-refractivity contribution is 5.73. The molecule has 118 valence electrons. The molecule has 1 aromatic rings. The van der Waals surface area contributed by atoms with Gasteiger partial charge in [-0.3, -0.25) is 9.89 Å². The van der Waals surface area contributed by atoms with E-state index in [2.05, 4.69) is 36.3 Å². The molecule has 2 amide bonds. The number of hydrogen-bond acceptors (Lipinski definition) is 3. The van der Waals surface area contributed by atoms with Gasteiger partial charge in [0, 0.05) is 25.4 Å². The number of aromatic nitrogens is 2. The standard InChI is InChI=1S/C14H24N4O3/c1-14(2,3)11-8-10(16-17-11)9-18(4)13(21)15-7-5-6-12(19)20/h8H,5-7,9H2,1-4H3,(H,15,21)(H,16,17)(H,19,20). The molecule has 7 heteroatoms. The van der Waals surface area contributed by atoms with Crippen LogP contribution >= 0.6 is 0 Å². The molecule has 0 aliphatic carbocycles. The van der Waals surface area contributed by atoms with Crippen molar-refractivity contribution in [3.63, 3.8) is 0 Å². The highest BCUT2D eigenvalue weighted by Crippen LogP contribution is 2.20. The van der Waals surface area contributed by atoms with Gasteiger partial charge >= 0.3 is 12.0 Å². The van der Waals surface area contributed by atoms with Crippen LogP contribution in [0.4, 0.5) is 4.79 Å². The van der Waals surface area contributed by atoms with Gasteiger partial charge < -0.3 is 15.3 Å². The number of nitrogens with one attached hydrogen (secondary N) is 2. The summed E-state index contributed by atoms with van der Waals surface area (Å²) in [6.07, 6.45) is 0.479. The summed E-state index contributed by atoms with van der Waals surface area (Å²) < 4.78 is 0. The molecule has 0 atom stereocenters. The first kappa shape index (κ1) is 17.0. The second-order valence-electron chi connectivity index (χ2n) is 6.11. The van der Waals surface area contributed by atoms with Gasteiger partial charge in [-0.2, -0.15) is 5.10 Å². The average Bonchev–Trinajstić information content (AvgIpc) is 2.82. The lowest BCUT2D eigenvalue weighted by Crippen LogP contribution is -2.37. The van der Waals surface area contributed by atoms with E-state index in [0.717, 1.165) is 11.4 Å². The Morgan fingerprint density at radius 3 is 2.62 bits per heavy atom. The molecule has 0 saturated carbocycles. The van der Waals surface area contributed by atoms with Crippen molar-refractivity contribution in [2.24, 2.45) is 0 Å². The van der Waals surface area contributed by atoms with Crippen LogP contribution in [0.15, 0.2) is 6.07 Å². The monoisotopic (exact) mass is 296 g/mol. The molecule has 0 aliphatic heterocycles. The van der Waals surface area contributed by atoms with Crippen molar-refractivity contribution >= 4 is 12.0 Å². The molecule has 0 unspecified atom stereocenters. The van der Waals surface area contributed by atoms with Crippen molar-refractivity contribution in [3.05, 3.63) is 17.5 Å². The van der Waals surface area contributed by atoms with E-state index in [4.69, 9.17) is 5.11 Å². The quantitative estimate of drug-likeness (QED) is 0.696. The fraction of sp³-hybridized carbons (Fsp3) is 0.643. The maximum absolute atomic E-state index is 11.8. The van der Waals surface area contributed by atoms with Crippen molar-refractivity contribution in [1.29, 1.82) is 0 Å². The zero-order chi connectivity index (χ0) is 16.0. The molecule has 1 aromatic heterocycles. The van der Waals surface area contributed by atoms with Gasteiger partial charge in [-0.25, -0.2) is 4.79 Å². The van der Waals surface area contributed by atoms with Gasteiger partial charge in [0.05, 0.1) is 17.9 Å². The largest absolute Gasteiger partial charge is 0.481 e. The van der Waals surface area contributed by atoms with Crippen molar-refractivity contribution in [2.75, 3.05) is 13.6 Å². The number of carboxylic acids is 1. The van der Waals surface area contributed by atoms with Crippen LogP contribution in [0.3, 0.4) is 0 Å². The molecule has 1 rings (SSSR count). The third-order valence-electron chi connectivity index (χ3n) is 3.00. The topological polar surface area (TPSA) is 98.3 Å². The van der Waals surface area contributed by atoms with Gasteiger partial charge in [-0.15, -0.1) is 0 Å². The second-order valence-corrected chi connectivity index (χ2v) is 6.11. The fourth-order valence-corrected chi connectivity index (χ4v) is 1.72. The van der Waals surface area contributed by atoms with Crippen molar-refractivity contribution in [3.8, 4) is 0 Å². The predicted octanol–water partition coefficient (Wildman–Crippen LogP) is 1.71. The van der Waals surface area contributed by atoms with E-state index in [0.29, 0.717) is 19.5 Å². The molecule has 0 bridgehead atoms. The van der Waals surface area contributed by atoms with Gasteiger partial charge in [0.15, 0.2) is 0 Å². The van der Waals surface area contributed by atoms with Crippen LogP contribution in [-0.4, -0.2) is 45.8 Å². The fourth-order valence-electron chi connectivity index (χ4n) is 1.72. The Balaban J connectivity index is 2.42. The molecule has 0 aromatic carbocycles. The number of hydrogen-bond donors (Lipinski definition) is 3. The number of rotatable bonds is 6. The molecule has 0 radical (unpaired) electrons. The Bertz CT molecular complexity index is 491. The van der Waals surface area contributed by atoms with Crippen LogP contribution in [0.5, 0.6) is 0 Å². The highest BCUT2D eigenvalue weighted by Gasteiger charge is 2.18. The van der Waals surface area contributed by atoms with E-state index >= 15 is 0 Å². The van der Waals surface area contributed by atoms with Crippen LogP contribution in [0.25, 0.3) is 0 Å². The summed E-state index contributed by atoms with van der Waals surface area (Å²) in [7, 11) is 1.68. The number of nitrogens with zero attached hydrogens (tertiary/aromatic N) is 2. The first-order valence-electron chi connectivity index (χ1n) is 6.95. The lowest BCUT2D eigenvalue weighted by atomic mass is 9.92. The smallest absolute Gasteiger partial charge is 0.317 e. The molecule has 3 N–H and O–H groups in total. The Morgan fingerprint density at radius 2 is 2.10 bits per heavy atom. The van der Waals surface area contributed by atoms with Gasteiger partial charge in [0.25, 0.3) is 0 Å². The Labute approximate surface area is 124 Å². The van der Waals surface area contributed by atoms with Crippen LogP contribution < -0.4 is 5.32 Å². The zero-order valence-corrected chi connectivity index (χ0v) is 13.1. The lowest BCUT2D eigenvalue weighted by Gasteiger charge is -2.17. The number of urea groups is 1. The van der Waals surface area contributed by atoms with Crippen LogP contribution in [0.1, 0.15) is 45.0 Å². The molecule has 21 heavy (non-hydrogen) atoms. The van der Waals surface area contributed by atoms with E-state index in [1.165, 1.54) is 4.90 Å². The number of aromatic amines is 1. The number of carboxylic acid groups (broad SMARTS) is 1. The summed E-state index contributed by atoms with van der Waals surface area (Å²) >= 11 is 0. The summed E-state index contributed by atoms with van der Waals surface area (Å²) in [5, 5.41) is 18.4. The number of carbonyl (C=O) groups excluding carboxylic acids is 1. The minimum atomic E-state index is -0.857. The molecular weight excluding hydrogens is 272 g/mol. The van der Waals surface area contributed by atoms with E-state index in [1.807, 2.05) is 6.07 Å². The van der Waals surface area contributed by atoms with Gasteiger partial charge in [0.2, 0.25) is 0 Å². The van der Waals surface area contributed by atoms with Crippen molar-refractivity contribution < 1.29 is 14.7 Å². The first-order valence-corrected chi connectivity index (χ1v) is 6.95. The molecule has 1 heterocycles. The Morgan fingerprint density at radius 1 is 1.43 bits per heavy atom. The Kier molecular flexibility index (Phi) is 5.75. The lowest BCUT2D eigenvalue weighted by molar-refractivity contribution is -0.137. The molecular formula is C14H24N4O3. The third-order valence-corrected chi connectivity index (χ3v) is 3.00. The summed E-state index contributed by atoms with van der Waals surface area (Å²) in [6.45, 7) is 7.00. The highest BCUT2D eigenvalue weighted by atomic mass is 16.4. The summed E-state index contributed by atoms with van der Waals surface area (Å²) in [6, 6.07) is 1.72. The number of amides is 2.